The summed E-state index contributed by atoms with van der Waals surface area (Å²) >= 11 is 3.14. The highest BCUT2D eigenvalue weighted by atomic mass is 79.9. The zero-order valence-corrected chi connectivity index (χ0v) is 15.8. The Bertz CT molecular complexity index is 947. The SMILES string of the molecule is COC(=O)CC1C(=O)N(Cc2ccc(Br)cc2F)C(=O)c2ccc(F)cc21. The molecule has 1 atom stereocenters. The minimum atomic E-state index is -1.08. The van der Waals surface area contributed by atoms with Crippen LogP contribution in [-0.4, -0.2) is 29.8 Å². The first-order chi connectivity index (χ1) is 12.8. The monoisotopic (exact) mass is 437 g/mol. The minimum Gasteiger partial charge on any atom is -0.469 e. The smallest absolute Gasteiger partial charge is 0.306 e. The van der Waals surface area contributed by atoms with Crippen LogP contribution in [0.4, 0.5) is 8.78 Å². The molecule has 3 rings (SSSR count). The van der Waals surface area contributed by atoms with Crippen LogP contribution in [0.1, 0.15) is 33.8 Å². The van der Waals surface area contributed by atoms with E-state index in [0.29, 0.717) is 4.47 Å². The largest absolute Gasteiger partial charge is 0.469 e. The number of methoxy groups -OCH3 is 1. The van der Waals surface area contributed by atoms with Crippen LogP contribution in [0.15, 0.2) is 40.9 Å². The normalized spacial score (nSPS) is 16.3. The van der Waals surface area contributed by atoms with Gasteiger partial charge in [-0.05, 0) is 35.9 Å². The molecule has 140 valence electrons. The number of hydrogen-bond acceptors (Lipinski definition) is 4. The lowest BCUT2D eigenvalue weighted by atomic mass is 9.86. The van der Waals surface area contributed by atoms with Crippen LogP contribution in [0.5, 0.6) is 0 Å². The lowest BCUT2D eigenvalue weighted by Crippen LogP contribution is -2.45. The van der Waals surface area contributed by atoms with Gasteiger partial charge in [-0.15, -0.1) is 0 Å². The first-order valence-corrected chi connectivity index (χ1v) is 8.77. The van der Waals surface area contributed by atoms with Crippen molar-refractivity contribution in [3.8, 4) is 0 Å². The van der Waals surface area contributed by atoms with E-state index >= 15 is 0 Å². The maximum atomic E-state index is 14.2. The number of halogens is 3. The van der Waals surface area contributed by atoms with Crippen molar-refractivity contribution in [1.82, 2.24) is 4.90 Å². The number of fused-ring (bicyclic) bond motifs is 1. The van der Waals surface area contributed by atoms with E-state index in [1.807, 2.05) is 0 Å². The van der Waals surface area contributed by atoms with Gasteiger partial charge in [-0.2, -0.15) is 0 Å². The summed E-state index contributed by atoms with van der Waals surface area (Å²) in [6, 6.07) is 7.69. The van der Waals surface area contributed by atoms with Gasteiger partial charge in [0, 0.05) is 15.6 Å². The molecule has 27 heavy (non-hydrogen) atoms. The summed E-state index contributed by atoms with van der Waals surface area (Å²) in [6.07, 6.45) is -0.349. The zero-order valence-electron chi connectivity index (χ0n) is 14.2. The lowest BCUT2D eigenvalue weighted by Gasteiger charge is -2.32. The molecule has 5 nitrogen and oxygen atoms in total. The third-order valence-corrected chi connectivity index (χ3v) is 4.86. The van der Waals surface area contributed by atoms with E-state index < -0.39 is 35.3 Å². The zero-order chi connectivity index (χ0) is 19.7. The Morgan fingerprint density at radius 3 is 2.59 bits per heavy atom. The standard InChI is InChI=1S/C19H14BrF2NO4/c1-27-17(24)8-15-14-7-12(21)4-5-13(14)18(25)23(19(15)26)9-10-2-3-11(20)6-16(10)22/h2-7,15H,8-9H2,1H3. The van der Waals surface area contributed by atoms with E-state index in [9.17, 15) is 23.2 Å². The van der Waals surface area contributed by atoms with Crippen LogP contribution < -0.4 is 0 Å². The summed E-state index contributed by atoms with van der Waals surface area (Å²) < 4.78 is 33.0. The second kappa shape index (κ2) is 7.56. The highest BCUT2D eigenvalue weighted by molar-refractivity contribution is 9.10. The van der Waals surface area contributed by atoms with Gasteiger partial charge >= 0.3 is 5.97 Å². The molecule has 2 aromatic rings. The van der Waals surface area contributed by atoms with Gasteiger partial charge in [-0.1, -0.05) is 22.0 Å². The Kier molecular flexibility index (Phi) is 5.36. The summed E-state index contributed by atoms with van der Waals surface area (Å²) in [7, 11) is 1.17. The van der Waals surface area contributed by atoms with E-state index in [0.717, 1.165) is 17.0 Å². The summed E-state index contributed by atoms with van der Waals surface area (Å²) in [5.41, 5.74) is 0.368. The van der Waals surface area contributed by atoms with Gasteiger partial charge in [0.25, 0.3) is 5.91 Å². The molecular weight excluding hydrogens is 424 g/mol. The number of imide groups is 1. The number of benzene rings is 2. The first kappa shape index (κ1) is 19.2. The number of carbonyl (C=O) groups is 3. The van der Waals surface area contributed by atoms with E-state index in [1.165, 1.54) is 25.3 Å². The Hall–Kier alpha value is -2.61. The topological polar surface area (TPSA) is 63.7 Å². The third kappa shape index (κ3) is 3.75. The molecule has 0 N–H and O–H groups in total. The van der Waals surface area contributed by atoms with Gasteiger partial charge in [0.2, 0.25) is 5.91 Å². The molecule has 2 amide bonds. The van der Waals surface area contributed by atoms with Gasteiger partial charge in [0.05, 0.1) is 26.0 Å². The fraction of sp³-hybridized carbons (Fsp3) is 0.211. The van der Waals surface area contributed by atoms with Gasteiger partial charge in [-0.3, -0.25) is 19.3 Å². The maximum Gasteiger partial charge on any atom is 0.306 e. The molecule has 8 heteroatoms. The Balaban J connectivity index is 2.02. The fourth-order valence-corrected chi connectivity index (χ4v) is 3.33. The van der Waals surface area contributed by atoms with Gasteiger partial charge in [0.15, 0.2) is 0 Å². The minimum absolute atomic E-state index is 0.0995. The molecule has 0 spiro atoms. The number of hydrogen-bond donors (Lipinski definition) is 0. The van der Waals surface area contributed by atoms with Crippen molar-refractivity contribution in [1.29, 1.82) is 0 Å². The quantitative estimate of drug-likeness (QED) is 0.541. The van der Waals surface area contributed by atoms with Crippen LogP contribution in [0, 0.1) is 11.6 Å². The van der Waals surface area contributed by atoms with Crippen molar-refractivity contribution in [3.05, 3.63) is 69.2 Å². The number of carbonyl (C=O) groups excluding carboxylic acids is 3. The van der Waals surface area contributed by atoms with Crippen molar-refractivity contribution in [2.24, 2.45) is 0 Å². The molecule has 0 fully saturated rings. The third-order valence-electron chi connectivity index (χ3n) is 4.37. The molecule has 0 aromatic heterocycles. The molecule has 0 saturated heterocycles. The Morgan fingerprint density at radius 2 is 1.93 bits per heavy atom. The molecule has 2 aromatic carbocycles. The fourth-order valence-electron chi connectivity index (χ4n) is 3.00. The number of nitrogens with zero attached hydrogens (tertiary/aromatic N) is 1. The van der Waals surface area contributed by atoms with Crippen molar-refractivity contribution in [2.45, 2.75) is 18.9 Å². The van der Waals surface area contributed by atoms with Crippen molar-refractivity contribution < 1.29 is 27.9 Å². The molecule has 1 unspecified atom stereocenters. The van der Waals surface area contributed by atoms with Crippen LogP contribution in [-0.2, 0) is 20.9 Å². The van der Waals surface area contributed by atoms with E-state index in [1.54, 1.807) is 6.07 Å². The number of amides is 2. The van der Waals surface area contributed by atoms with Crippen LogP contribution >= 0.6 is 15.9 Å². The molecule has 0 aliphatic carbocycles. The lowest BCUT2D eigenvalue weighted by molar-refractivity contribution is -0.144. The molecule has 1 heterocycles. The van der Waals surface area contributed by atoms with E-state index in [2.05, 4.69) is 20.7 Å². The van der Waals surface area contributed by atoms with Crippen LogP contribution in [0.2, 0.25) is 0 Å². The van der Waals surface area contributed by atoms with Crippen LogP contribution in [0.3, 0.4) is 0 Å². The molecule has 0 saturated carbocycles. The highest BCUT2D eigenvalue weighted by Crippen LogP contribution is 2.34. The average Bonchev–Trinajstić information content (AvgIpc) is 2.63. The van der Waals surface area contributed by atoms with E-state index in [-0.39, 0.29) is 29.7 Å². The van der Waals surface area contributed by atoms with Gasteiger partial charge < -0.3 is 4.74 Å². The number of ether oxygens (including phenoxy) is 1. The second-order valence-corrected chi connectivity index (χ2v) is 6.95. The summed E-state index contributed by atoms with van der Waals surface area (Å²) in [6.45, 7) is -0.300. The predicted octanol–water partition coefficient (Wildman–Crippen LogP) is 3.56. The van der Waals surface area contributed by atoms with Crippen molar-refractivity contribution in [3.63, 3.8) is 0 Å². The first-order valence-electron chi connectivity index (χ1n) is 7.97. The molecular formula is C19H14BrF2NO4. The highest BCUT2D eigenvalue weighted by Gasteiger charge is 2.40. The molecule has 1 aliphatic rings. The van der Waals surface area contributed by atoms with Gasteiger partial charge in [-0.25, -0.2) is 8.78 Å². The van der Waals surface area contributed by atoms with Crippen molar-refractivity contribution in [2.75, 3.05) is 7.11 Å². The number of rotatable bonds is 4. The molecule has 0 bridgehead atoms. The summed E-state index contributed by atoms with van der Waals surface area (Å²) in [5, 5.41) is 0. The average molecular weight is 438 g/mol. The van der Waals surface area contributed by atoms with Crippen molar-refractivity contribution >= 4 is 33.7 Å². The molecule has 1 aliphatic heterocycles. The second-order valence-electron chi connectivity index (χ2n) is 6.03. The predicted molar refractivity (Wildman–Crippen MR) is 94.8 cm³/mol. The molecule has 0 radical (unpaired) electrons. The Morgan fingerprint density at radius 1 is 1.19 bits per heavy atom. The Labute approximate surface area is 162 Å². The maximum absolute atomic E-state index is 14.2. The van der Waals surface area contributed by atoms with Crippen LogP contribution in [0.25, 0.3) is 0 Å². The number of esters is 1. The van der Waals surface area contributed by atoms with Gasteiger partial charge in [0.1, 0.15) is 11.6 Å². The van der Waals surface area contributed by atoms with E-state index in [4.69, 9.17) is 0 Å². The summed E-state index contributed by atoms with van der Waals surface area (Å²) in [4.78, 5) is 38.2. The summed E-state index contributed by atoms with van der Waals surface area (Å²) in [5.74, 6) is -4.34.